The zero-order valence-corrected chi connectivity index (χ0v) is 21.6. The van der Waals surface area contributed by atoms with Crippen LogP contribution in [-0.2, 0) is 25.6 Å². The van der Waals surface area contributed by atoms with Crippen molar-refractivity contribution < 1.29 is 44.3 Å². The Bertz CT molecular complexity index is 812. The van der Waals surface area contributed by atoms with Crippen LogP contribution in [0.15, 0.2) is 12.1 Å². The summed E-state index contributed by atoms with van der Waals surface area (Å²) < 4.78 is 5.65. The molecule has 11 nitrogen and oxygen atoms in total. The van der Waals surface area contributed by atoms with Crippen LogP contribution in [0.4, 0.5) is 0 Å². The van der Waals surface area contributed by atoms with E-state index in [0.29, 0.717) is 22.6 Å². The van der Waals surface area contributed by atoms with E-state index in [9.17, 15) is 19.2 Å². The van der Waals surface area contributed by atoms with E-state index in [-0.39, 0.29) is 25.7 Å². The second-order valence-corrected chi connectivity index (χ2v) is 8.64. The van der Waals surface area contributed by atoms with E-state index in [0.717, 1.165) is 43.9 Å². The van der Waals surface area contributed by atoms with Gasteiger partial charge in [0, 0.05) is 19.2 Å². The van der Waals surface area contributed by atoms with Gasteiger partial charge in [-0.3, -0.25) is 19.2 Å². The van der Waals surface area contributed by atoms with Crippen LogP contribution in [0.2, 0.25) is 10.0 Å². The van der Waals surface area contributed by atoms with Crippen LogP contribution in [0, 0.1) is 5.92 Å². The molecule has 0 unspecified atom stereocenters. The van der Waals surface area contributed by atoms with Crippen molar-refractivity contribution in [2.24, 2.45) is 11.7 Å². The molecule has 0 spiro atoms. The molecule has 0 aromatic heterocycles. The van der Waals surface area contributed by atoms with Gasteiger partial charge in [-0.2, -0.15) is 0 Å². The number of hydrogen-bond acceptors (Lipinski definition) is 7. The van der Waals surface area contributed by atoms with Crippen molar-refractivity contribution >= 4 is 47.1 Å². The molecule has 0 saturated carbocycles. The monoisotopic (exact) mass is 552 g/mol. The third-order valence-corrected chi connectivity index (χ3v) is 5.63. The molecule has 0 bridgehead atoms. The number of benzene rings is 1. The zero-order valence-electron chi connectivity index (χ0n) is 20.1. The van der Waals surface area contributed by atoms with Gasteiger partial charge in [-0.15, -0.1) is 0 Å². The van der Waals surface area contributed by atoms with Crippen molar-refractivity contribution in [3.8, 4) is 5.75 Å². The maximum absolute atomic E-state index is 9.64. The summed E-state index contributed by atoms with van der Waals surface area (Å²) in [7, 11) is 0. The molecule has 204 valence electrons. The van der Waals surface area contributed by atoms with Gasteiger partial charge in [0.25, 0.3) is 0 Å². The minimum atomic E-state index is -1.08. The van der Waals surface area contributed by atoms with E-state index in [4.69, 9.17) is 54.1 Å². The summed E-state index contributed by atoms with van der Waals surface area (Å²) in [6, 6.07) is 3.74. The van der Waals surface area contributed by atoms with Crippen molar-refractivity contribution in [3.05, 3.63) is 27.7 Å². The van der Waals surface area contributed by atoms with Crippen LogP contribution >= 0.6 is 23.2 Å². The third kappa shape index (κ3) is 16.1. The van der Waals surface area contributed by atoms with E-state index in [2.05, 4.69) is 4.90 Å². The predicted octanol–water partition coefficient (Wildman–Crippen LogP) is 3.09. The normalized spacial score (nSPS) is 14.6. The second kappa shape index (κ2) is 18.6. The Balaban J connectivity index is 0.000000634. The van der Waals surface area contributed by atoms with Gasteiger partial charge in [0.15, 0.2) is 0 Å². The number of nitrogens with zero attached hydrogens (tertiary/aromatic N) is 1. The first kappa shape index (κ1) is 33.4. The first-order valence-electron chi connectivity index (χ1n) is 11.3. The molecular formula is C23H34Cl2N2O9. The third-order valence-electron chi connectivity index (χ3n) is 4.91. The lowest BCUT2D eigenvalue weighted by molar-refractivity contribution is -0.143. The van der Waals surface area contributed by atoms with Crippen molar-refractivity contribution in [1.29, 1.82) is 0 Å². The summed E-state index contributed by atoms with van der Waals surface area (Å²) in [5.41, 5.74) is 6.85. The van der Waals surface area contributed by atoms with Crippen LogP contribution in [0.25, 0.3) is 0 Å². The number of halogens is 2. The number of ether oxygens (including phenoxy) is 1. The van der Waals surface area contributed by atoms with Crippen LogP contribution < -0.4 is 10.5 Å². The summed E-state index contributed by atoms with van der Waals surface area (Å²) >= 11 is 12.2. The molecule has 6 N–H and O–H groups in total. The van der Waals surface area contributed by atoms with E-state index < -0.39 is 23.9 Å². The number of hydrogen-bond donors (Lipinski definition) is 5. The first-order chi connectivity index (χ1) is 16.9. The molecule has 1 aliphatic rings. The zero-order chi connectivity index (χ0) is 27.7. The Hall–Kier alpha value is -2.60. The highest BCUT2D eigenvalue weighted by molar-refractivity contribution is 6.42. The molecule has 0 aliphatic carbocycles. The highest BCUT2D eigenvalue weighted by Crippen LogP contribution is 2.31. The number of carboxylic acids is 4. The Labute approximate surface area is 219 Å². The number of carbonyl (C=O) groups is 4. The standard InChI is InChI=1S/C15H22Cl2N2O.2C4H6O4/c1-2-20-15-8-14(17)13(16)7-12(15)4-6-19-5-3-11(9-18)10-19;2*5-3(6)1-2-4(7)8/h7-8,11H,2-6,9-10,18H2,1H3;2*1-2H2,(H,5,6)(H,7,8)/t11-;;/m0../s1. The van der Waals surface area contributed by atoms with E-state index in [1.54, 1.807) is 0 Å². The number of carboxylic acid groups (broad SMARTS) is 4. The Morgan fingerprint density at radius 3 is 1.81 bits per heavy atom. The average molecular weight is 553 g/mol. The lowest BCUT2D eigenvalue weighted by atomic mass is 10.1. The minimum absolute atomic E-state index is 0.296. The van der Waals surface area contributed by atoms with Gasteiger partial charge >= 0.3 is 23.9 Å². The molecule has 0 radical (unpaired) electrons. The molecule has 1 aliphatic heterocycles. The van der Waals surface area contributed by atoms with Crippen LogP contribution in [0.3, 0.4) is 0 Å². The Morgan fingerprint density at radius 1 is 0.944 bits per heavy atom. The number of aliphatic carboxylic acids is 4. The number of nitrogens with two attached hydrogens (primary N) is 1. The van der Waals surface area contributed by atoms with Gasteiger partial charge in [0.05, 0.1) is 42.3 Å². The molecular weight excluding hydrogens is 519 g/mol. The smallest absolute Gasteiger partial charge is 0.303 e. The molecule has 1 heterocycles. The minimum Gasteiger partial charge on any atom is -0.494 e. The van der Waals surface area contributed by atoms with Crippen molar-refractivity contribution in [2.45, 2.75) is 45.4 Å². The summed E-state index contributed by atoms with van der Waals surface area (Å²) in [4.78, 5) is 41.0. The average Bonchev–Trinajstić information content (AvgIpc) is 3.27. The molecule has 0 amide bonds. The fourth-order valence-electron chi connectivity index (χ4n) is 3.07. The molecule has 1 atom stereocenters. The lowest BCUT2D eigenvalue weighted by Crippen LogP contribution is -2.25. The van der Waals surface area contributed by atoms with Crippen molar-refractivity contribution in [2.75, 3.05) is 32.8 Å². The molecule has 1 aromatic carbocycles. The SMILES string of the molecule is CCOc1cc(Cl)c(Cl)cc1CCN1CC[C@@H](CN)C1.O=C(O)CCC(=O)O.O=C(O)CCC(=O)O. The quantitative estimate of drug-likeness (QED) is 0.256. The fourth-order valence-corrected chi connectivity index (χ4v) is 3.41. The summed E-state index contributed by atoms with van der Waals surface area (Å²) in [5.74, 6) is -2.81. The fraction of sp³-hybridized carbons (Fsp3) is 0.565. The largest absolute Gasteiger partial charge is 0.494 e. The number of likely N-dealkylation sites (tertiary alicyclic amines) is 1. The lowest BCUT2D eigenvalue weighted by Gasteiger charge is -2.17. The summed E-state index contributed by atoms with van der Waals surface area (Å²) in [6.07, 6.45) is 0.940. The van der Waals surface area contributed by atoms with Crippen molar-refractivity contribution in [3.63, 3.8) is 0 Å². The van der Waals surface area contributed by atoms with Crippen LogP contribution in [0.1, 0.15) is 44.6 Å². The van der Waals surface area contributed by atoms with E-state index in [1.165, 1.54) is 6.42 Å². The highest BCUT2D eigenvalue weighted by Gasteiger charge is 2.21. The van der Waals surface area contributed by atoms with E-state index in [1.807, 2.05) is 19.1 Å². The predicted molar refractivity (Wildman–Crippen MR) is 134 cm³/mol. The van der Waals surface area contributed by atoms with Gasteiger partial charge in [-0.25, -0.2) is 0 Å². The van der Waals surface area contributed by atoms with E-state index >= 15 is 0 Å². The van der Waals surface area contributed by atoms with Gasteiger partial charge in [-0.05, 0) is 50.4 Å². The van der Waals surface area contributed by atoms with Gasteiger partial charge in [-0.1, -0.05) is 23.2 Å². The number of rotatable bonds is 12. The molecule has 36 heavy (non-hydrogen) atoms. The molecule has 1 aromatic rings. The van der Waals surface area contributed by atoms with Crippen LogP contribution in [0.5, 0.6) is 5.75 Å². The van der Waals surface area contributed by atoms with Gasteiger partial charge in [0.1, 0.15) is 5.75 Å². The van der Waals surface area contributed by atoms with Gasteiger partial charge < -0.3 is 35.8 Å². The maximum atomic E-state index is 9.64. The topological polar surface area (TPSA) is 188 Å². The van der Waals surface area contributed by atoms with Crippen LogP contribution in [-0.4, -0.2) is 82.0 Å². The maximum Gasteiger partial charge on any atom is 0.303 e. The second-order valence-electron chi connectivity index (χ2n) is 7.82. The summed E-state index contributed by atoms with van der Waals surface area (Å²) in [6.45, 7) is 6.62. The van der Waals surface area contributed by atoms with Crippen molar-refractivity contribution in [1.82, 2.24) is 4.90 Å². The summed E-state index contributed by atoms with van der Waals surface area (Å²) in [5, 5.41) is 32.7. The Morgan fingerprint density at radius 2 is 1.42 bits per heavy atom. The highest BCUT2D eigenvalue weighted by atomic mass is 35.5. The van der Waals surface area contributed by atoms with Gasteiger partial charge in [0.2, 0.25) is 0 Å². The molecule has 1 saturated heterocycles. The Kier molecular flexibility index (Phi) is 17.3. The first-order valence-corrected chi connectivity index (χ1v) is 12.0. The molecule has 13 heteroatoms. The molecule has 2 rings (SSSR count). The molecule has 1 fully saturated rings.